The second kappa shape index (κ2) is 6.63. The molecule has 1 amide bonds. The minimum atomic E-state index is -0.562. The molecule has 1 atom stereocenters. The Morgan fingerprint density at radius 3 is 2.39 bits per heavy atom. The topological polar surface area (TPSA) is 67.2 Å². The summed E-state index contributed by atoms with van der Waals surface area (Å²) in [6.07, 6.45) is 7.38. The molecule has 2 N–H and O–H groups in total. The highest BCUT2D eigenvalue weighted by Crippen LogP contribution is 2.32. The van der Waals surface area contributed by atoms with Gasteiger partial charge >= 0.3 is 0 Å². The minimum absolute atomic E-state index is 0.0319. The maximum absolute atomic E-state index is 12.7. The molecule has 1 aromatic rings. The second-order valence-corrected chi connectivity index (χ2v) is 8.09. The van der Waals surface area contributed by atoms with Gasteiger partial charge in [0.2, 0.25) is 0 Å². The van der Waals surface area contributed by atoms with Crippen LogP contribution in [0.3, 0.4) is 0 Å². The molecule has 5 nitrogen and oxygen atoms in total. The molecule has 0 saturated heterocycles. The second-order valence-electron chi connectivity index (χ2n) is 8.09. The van der Waals surface area contributed by atoms with Crippen LogP contribution in [0.1, 0.15) is 75.9 Å². The van der Waals surface area contributed by atoms with E-state index in [1.165, 1.54) is 19.3 Å². The van der Waals surface area contributed by atoms with Crippen LogP contribution in [0.2, 0.25) is 0 Å². The van der Waals surface area contributed by atoms with E-state index in [0.29, 0.717) is 11.5 Å². The molecule has 0 aromatic carbocycles. The molecule has 1 fully saturated rings. The lowest BCUT2D eigenvalue weighted by Gasteiger charge is -2.39. The Morgan fingerprint density at radius 2 is 1.91 bits per heavy atom. The number of amides is 1. The van der Waals surface area contributed by atoms with E-state index in [0.717, 1.165) is 18.5 Å². The van der Waals surface area contributed by atoms with Crippen molar-refractivity contribution in [2.45, 2.75) is 77.8 Å². The molecule has 2 rings (SSSR count). The van der Waals surface area contributed by atoms with E-state index in [9.17, 15) is 9.90 Å². The molecule has 0 spiro atoms. The first kappa shape index (κ1) is 18.0. The maximum atomic E-state index is 12.7. The average molecular weight is 321 g/mol. The van der Waals surface area contributed by atoms with E-state index in [1.807, 2.05) is 18.5 Å². The molecule has 1 aromatic heterocycles. The Labute approximate surface area is 139 Å². The Morgan fingerprint density at radius 1 is 1.30 bits per heavy atom. The normalized spacial score (nSPS) is 19.4. The van der Waals surface area contributed by atoms with Gasteiger partial charge in [-0.15, -0.1) is 0 Å². The van der Waals surface area contributed by atoms with Crippen LogP contribution < -0.4 is 5.32 Å². The summed E-state index contributed by atoms with van der Waals surface area (Å²) in [4.78, 5) is 12.7. The molecular weight excluding hydrogens is 290 g/mol. The number of aromatic nitrogens is 2. The largest absolute Gasteiger partial charge is 0.394 e. The summed E-state index contributed by atoms with van der Waals surface area (Å²) in [7, 11) is 0. The van der Waals surface area contributed by atoms with Gasteiger partial charge in [-0.2, -0.15) is 5.10 Å². The van der Waals surface area contributed by atoms with Crippen LogP contribution in [0.5, 0.6) is 0 Å². The van der Waals surface area contributed by atoms with E-state index in [-0.39, 0.29) is 18.1 Å². The Balaban J connectivity index is 2.18. The predicted molar refractivity (Wildman–Crippen MR) is 91.5 cm³/mol. The molecule has 0 radical (unpaired) electrons. The quantitative estimate of drug-likeness (QED) is 0.896. The molecule has 130 valence electrons. The van der Waals surface area contributed by atoms with Crippen LogP contribution in [-0.2, 0) is 5.54 Å². The summed E-state index contributed by atoms with van der Waals surface area (Å²) in [5, 5.41) is 17.4. The first-order chi connectivity index (χ1) is 10.7. The molecule has 1 aliphatic carbocycles. The average Bonchev–Trinajstić information content (AvgIpc) is 2.90. The van der Waals surface area contributed by atoms with Crippen LogP contribution in [0.15, 0.2) is 6.20 Å². The van der Waals surface area contributed by atoms with Crippen molar-refractivity contribution in [1.29, 1.82) is 0 Å². The van der Waals surface area contributed by atoms with Gasteiger partial charge in [0.1, 0.15) is 0 Å². The monoisotopic (exact) mass is 321 g/mol. The van der Waals surface area contributed by atoms with Crippen molar-refractivity contribution in [2.75, 3.05) is 6.61 Å². The van der Waals surface area contributed by atoms with E-state index in [1.54, 1.807) is 6.20 Å². The van der Waals surface area contributed by atoms with Gasteiger partial charge in [-0.25, -0.2) is 0 Å². The fraction of sp³-hybridized carbons (Fsp3) is 0.778. The predicted octanol–water partition coefficient (Wildman–Crippen LogP) is 3.01. The smallest absolute Gasteiger partial charge is 0.255 e. The lowest BCUT2D eigenvalue weighted by Crippen LogP contribution is -2.54. The third kappa shape index (κ3) is 3.77. The van der Waals surface area contributed by atoms with E-state index < -0.39 is 5.54 Å². The number of nitrogens with one attached hydrogen (secondary N) is 1. The zero-order valence-corrected chi connectivity index (χ0v) is 15.1. The molecular formula is C18H31N3O2. The van der Waals surface area contributed by atoms with Gasteiger partial charge in [-0.1, -0.05) is 19.3 Å². The molecule has 1 aliphatic rings. The van der Waals surface area contributed by atoms with Crippen molar-refractivity contribution in [3.8, 4) is 0 Å². The van der Waals surface area contributed by atoms with Crippen molar-refractivity contribution >= 4 is 5.91 Å². The van der Waals surface area contributed by atoms with Crippen molar-refractivity contribution < 1.29 is 9.90 Å². The van der Waals surface area contributed by atoms with Crippen LogP contribution >= 0.6 is 0 Å². The van der Waals surface area contributed by atoms with Gasteiger partial charge in [-0.05, 0) is 53.4 Å². The van der Waals surface area contributed by atoms with Gasteiger partial charge in [-0.3, -0.25) is 9.48 Å². The highest BCUT2D eigenvalue weighted by atomic mass is 16.3. The third-order valence-corrected chi connectivity index (χ3v) is 5.12. The summed E-state index contributed by atoms with van der Waals surface area (Å²) in [6, 6.07) is 0. The van der Waals surface area contributed by atoms with E-state index in [4.69, 9.17) is 0 Å². The number of nitrogens with zero attached hydrogens (tertiary/aromatic N) is 2. The summed E-state index contributed by atoms with van der Waals surface area (Å²) in [6.45, 7) is 10.0. The first-order valence-corrected chi connectivity index (χ1v) is 8.67. The number of aliphatic hydroxyl groups excluding tert-OH is 1. The fourth-order valence-corrected chi connectivity index (χ4v) is 3.65. The van der Waals surface area contributed by atoms with Crippen molar-refractivity contribution in [1.82, 2.24) is 15.1 Å². The van der Waals surface area contributed by atoms with Crippen LogP contribution in [0.25, 0.3) is 0 Å². The Bertz CT molecular complexity index is 553. The van der Waals surface area contributed by atoms with Crippen LogP contribution in [0, 0.1) is 12.8 Å². The van der Waals surface area contributed by atoms with E-state index in [2.05, 4.69) is 31.2 Å². The SMILES string of the molecule is Cc1c(C(=O)N[C@@](C)(CO)C2CCCCC2)cnn1C(C)(C)C. The minimum Gasteiger partial charge on any atom is -0.394 e. The van der Waals surface area contributed by atoms with Crippen molar-refractivity contribution in [2.24, 2.45) is 5.92 Å². The molecule has 23 heavy (non-hydrogen) atoms. The van der Waals surface area contributed by atoms with Gasteiger partial charge in [0, 0.05) is 5.69 Å². The molecule has 5 heteroatoms. The summed E-state index contributed by atoms with van der Waals surface area (Å²) in [5.41, 5.74) is 0.731. The number of rotatable bonds is 4. The number of carbonyl (C=O) groups excluding carboxylic acids is 1. The molecule has 0 bridgehead atoms. The number of aliphatic hydroxyl groups is 1. The summed E-state index contributed by atoms with van der Waals surface area (Å²) < 4.78 is 1.87. The maximum Gasteiger partial charge on any atom is 0.255 e. The van der Waals surface area contributed by atoms with Crippen molar-refractivity contribution in [3.63, 3.8) is 0 Å². The number of hydrogen-bond acceptors (Lipinski definition) is 3. The van der Waals surface area contributed by atoms with Gasteiger partial charge in [0.15, 0.2) is 0 Å². The lowest BCUT2D eigenvalue weighted by molar-refractivity contribution is 0.0679. The third-order valence-electron chi connectivity index (χ3n) is 5.12. The molecule has 0 unspecified atom stereocenters. The van der Waals surface area contributed by atoms with Gasteiger partial charge in [0.05, 0.1) is 29.4 Å². The Kier molecular flexibility index (Phi) is 5.19. The van der Waals surface area contributed by atoms with Gasteiger partial charge in [0.25, 0.3) is 5.91 Å². The standard InChI is InChI=1S/C18H31N3O2/c1-13-15(11-19-21(13)17(2,3)4)16(23)20-18(5,12-22)14-9-7-6-8-10-14/h11,14,22H,6-10,12H2,1-5H3,(H,20,23)/t18-/m0/s1. The molecule has 1 saturated carbocycles. The highest BCUT2D eigenvalue weighted by Gasteiger charge is 2.36. The zero-order valence-electron chi connectivity index (χ0n) is 15.1. The Hall–Kier alpha value is -1.36. The summed E-state index contributed by atoms with van der Waals surface area (Å²) >= 11 is 0. The lowest BCUT2D eigenvalue weighted by atomic mass is 9.76. The van der Waals surface area contributed by atoms with Crippen molar-refractivity contribution in [3.05, 3.63) is 17.5 Å². The van der Waals surface area contributed by atoms with E-state index >= 15 is 0 Å². The fourth-order valence-electron chi connectivity index (χ4n) is 3.65. The summed E-state index contributed by atoms with van der Waals surface area (Å²) in [5.74, 6) is 0.197. The van der Waals surface area contributed by atoms with Gasteiger partial charge < -0.3 is 10.4 Å². The van der Waals surface area contributed by atoms with Crippen LogP contribution in [-0.4, -0.2) is 32.9 Å². The molecule has 1 heterocycles. The number of carbonyl (C=O) groups is 1. The first-order valence-electron chi connectivity index (χ1n) is 8.67. The highest BCUT2D eigenvalue weighted by molar-refractivity contribution is 5.95. The van der Waals surface area contributed by atoms with Crippen LogP contribution in [0.4, 0.5) is 0 Å². The number of hydrogen-bond donors (Lipinski definition) is 2. The zero-order chi connectivity index (χ0) is 17.3. The molecule has 0 aliphatic heterocycles.